The van der Waals surface area contributed by atoms with Gasteiger partial charge >= 0.3 is 0 Å². The maximum Gasteiger partial charge on any atom is 0.237 e. The maximum absolute atomic E-state index is 12.0. The number of rotatable bonds is 4. The summed E-state index contributed by atoms with van der Waals surface area (Å²) in [7, 11) is 0. The van der Waals surface area contributed by atoms with Crippen molar-refractivity contribution in [3.05, 3.63) is 0 Å². The molecule has 0 saturated carbocycles. The molecule has 4 nitrogen and oxygen atoms in total. The van der Waals surface area contributed by atoms with Crippen LogP contribution < -0.4 is 11.1 Å². The highest BCUT2D eigenvalue weighted by Gasteiger charge is 2.29. The minimum atomic E-state index is -0.370. The molecule has 3 N–H and O–H groups in total. The molecule has 120 valence electrons. The first-order valence-corrected chi connectivity index (χ1v) is 7.56. The number of nitrogens with one attached hydrogen (secondary N) is 1. The number of piperidine rings is 1. The quantitative estimate of drug-likeness (QED) is 0.837. The molecule has 0 aromatic carbocycles. The first-order chi connectivity index (χ1) is 8.75. The van der Waals surface area contributed by atoms with Crippen LogP contribution in [0.25, 0.3) is 0 Å². The summed E-state index contributed by atoms with van der Waals surface area (Å²) in [6.07, 6.45) is 2.99. The Balaban J connectivity index is 0.00000361. The van der Waals surface area contributed by atoms with E-state index in [1.165, 1.54) is 0 Å². The van der Waals surface area contributed by atoms with Gasteiger partial charge in [-0.3, -0.25) is 9.69 Å². The van der Waals surface area contributed by atoms with Crippen LogP contribution in [0.5, 0.6) is 0 Å². The molecule has 0 aromatic rings. The van der Waals surface area contributed by atoms with Crippen molar-refractivity contribution in [1.82, 2.24) is 10.2 Å². The standard InChI is InChI=1S/C15H31N3O.ClH/c1-6-11(2)13(16)14(19)17-12-7-9-18(10-8-12)15(3,4)5;/h11-13H,6-10,16H2,1-5H3,(H,17,19);1H. The normalized spacial score (nSPS) is 20.9. The molecule has 1 amide bonds. The Hall–Kier alpha value is -0.320. The summed E-state index contributed by atoms with van der Waals surface area (Å²) < 4.78 is 0. The third-order valence-corrected chi connectivity index (χ3v) is 4.35. The van der Waals surface area contributed by atoms with E-state index in [0.29, 0.717) is 6.04 Å². The molecule has 2 atom stereocenters. The van der Waals surface area contributed by atoms with Gasteiger partial charge in [0.2, 0.25) is 5.91 Å². The summed E-state index contributed by atoms with van der Waals surface area (Å²) in [5.74, 6) is 0.262. The minimum absolute atomic E-state index is 0. The summed E-state index contributed by atoms with van der Waals surface area (Å²) in [6.45, 7) is 12.9. The van der Waals surface area contributed by atoms with E-state index in [1.807, 2.05) is 6.92 Å². The summed E-state index contributed by atoms with van der Waals surface area (Å²) in [6, 6.07) is -0.0770. The number of hydrogen-bond donors (Lipinski definition) is 2. The number of carbonyl (C=O) groups excluding carboxylic acids is 1. The van der Waals surface area contributed by atoms with Gasteiger partial charge in [0.05, 0.1) is 6.04 Å². The van der Waals surface area contributed by atoms with Gasteiger partial charge in [-0.25, -0.2) is 0 Å². The van der Waals surface area contributed by atoms with Gasteiger partial charge in [-0.15, -0.1) is 12.4 Å². The highest BCUT2D eigenvalue weighted by atomic mass is 35.5. The second-order valence-electron chi connectivity index (χ2n) is 6.85. The van der Waals surface area contributed by atoms with Crippen LogP contribution in [0.15, 0.2) is 0 Å². The number of likely N-dealkylation sites (tertiary alicyclic amines) is 1. The predicted molar refractivity (Wildman–Crippen MR) is 87.2 cm³/mol. The van der Waals surface area contributed by atoms with Crippen molar-refractivity contribution < 1.29 is 4.79 Å². The molecule has 0 spiro atoms. The smallest absolute Gasteiger partial charge is 0.237 e. The molecule has 0 radical (unpaired) electrons. The fourth-order valence-corrected chi connectivity index (χ4v) is 2.50. The summed E-state index contributed by atoms with van der Waals surface area (Å²) in [5, 5.41) is 3.12. The number of nitrogens with zero attached hydrogens (tertiary/aromatic N) is 1. The lowest BCUT2D eigenvalue weighted by Gasteiger charge is -2.41. The van der Waals surface area contributed by atoms with E-state index in [0.717, 1.165) is 32.4 Å². The third-order valence-electron chi connectivity index (χ3n) is 4.35. The highest BCUT2D eigenvalue weighted by Crippen LogP contribution is 2.20. The average molecular weight is 306 g/mol. The highest BCUT2D eigenvalue weighted by molar-refractivity contribution is 5.85. The first-order valence-electron chi connectivity index (χ1n) is 7.56. The summed E-state index contributed by atoms with van der Waals surface area (Å²) in [5.41, 5.74) is 6.19. The molecular formula is C15H32ClN3O. The van der Waals surface area contributed by atoms with E-state index in [4.69, 9.17) is 5.73 Å². The molecule has 20 heavy (non-hydrogen) atoms. The topological polar surface area (TPSA) is 58.4 Å². The molecule has 1 aliphatic heterocycles. The van der Waals surface area contributed by atoms with Crippen LogP contribution in [0.4, 0.5) is 0 Å². The summed E-state index contributed by atoms with van der Waals surface area (Å²) >= 11 is 0. The van der Waals surface area contributed by atoms with Gasteiger partial charge in [-0.2, -0.15) is 0 Å². The Labute approximate surface area is 130 Å². The van der Waals surface area contributed by atoms with E-state index in [2.05, 4.69) is 37.9 Å². The largest absolute Gasteiger partial charge is 0.352 e. The van der Waals surface area contributed by atoms with Crippen molar-refractivity contribution in [3.8, 4) is 0 Å². The molecule has 0 bridgehead atoms. The van der Waals surface area contributed by atoms with E-state index in [1.54, 1.807) is 0 Å². The number of halogens is 1. The average Bonchev–Trinajstić information content (AvgIpc) is 2.36. The zero-order chi connectivity index (χ0) is 14.6. The summed E-state index contributed by atoms with van der Waals surface area (Å²) in [4.78, 5) is 14.5. The maximum atomic E-state index is 12.0. The van der Waals surface area contributed by atoms with Crippen molar-refractivity contribution in [2.45, 2.75) is 71.5 Å². The lowest BCUT2D eigenvalue weighted by atomic mass is 9.96. The number of nitrogens with two attached hydrogens (primary N) is 1. The Morgan fingerprint density at radius 1 is 1.35 bits per heavy atom. The Morgan fingerprint density at radius 3 is 2.25 bits per heavy atom. The van der Waals surface area contributed by atoms with Crippen LogP contribution >= 0.6 is 12.4 Å². The van der Waals surface area contributed by atoms with E-state index >= 15 is 0 Å². The minimum Gasteiger partial charge on any atom is -0.352 e. The van der Waals surface area contributed by atoms with Gasteiger partial charge < -0.3 is 11.1 Å². The van der Waals surface area contributed by atoms with Crippen LogP contribution in [0.1, 0.15) is 53.9 Å². The van der Waals surface area contributed by atoms with Gasteiger partial charge in [0, 0.05) is 24.7 Å². The fourth-order valence-electron chi connectivity index (χ4n) is 2.50. The van der Waals surface area contributed by atoms with Gasteiger partial charge in [-0.1, -0.05) is 20.3 Å². The van der Waals surface area contributed by atoms with E-state index in [9.17, 15) is 4.79 Å². The molecule has 1 aliphatic rings. The van der Waals surface area contributed by atoms with Gasteiger partial charge in [0.15, 0.2) is 0 Å². The van der Waals surface area contributed by atoms with Gasteiger partial charge in [0.1, 0.15) is 0 Å². The van der Waals surface area contributed by atoms with Crippen molar-refractivity contribution in [1.29, 1.82) is 0 Å². The molecule has 1 heterocycles. The van der Waals surface area contributed by atoms with Crippen molar-refractivity contribution in [2.75, 3.05) is 13.1 Å². The molecule has 5 heteroatoms. The fraction of sp³-hybridized carbons (Fsp3) is 0.933. The van der Waals surface area contributed by atoms with E-state index < -0.39 is 0 Å². The zero-order valence-corrected chi connectivity index (χ0v) is 14.4. The van der Waals surface area contributed by atoms with Crippen molar-refractivity contribution in [3.63, 3.8) is 0 Å². The third kappa shape index (κ3) is 5.58. The number of carbonyl (C=O) groups is 1. The van der Waals surface area contributed by atoms with Crippen molar-refractivity contribution in [2.24, 2.45) is 11.7 Å². The van der Waals surface area contributed by atoms with Crippen LogP contribution in [0, 0.1) is 5.92 Å². The Bertz CT molecular complexity index is 296. The number of hydrogen-bond acceptors (Lipinski definition) is 3. The Morgan fingerprint density at radius 2 is 1.85 bits per heavy atom. The van der Waals surface area contributed by atoms with Crippen LogP contribution in [-0.2, 0) is 4.79 Å². The lowest BCUT2D eigenvalue weighted by molar-refractivity contribution is -0.124. The number of amides is 1. The SMILES string of the molecule is CCC(C)C(N)C(=O)NC1CCN(C(C)(C)C)CC1.Cl. The second kappa shape index (κ2) is 8.20. The molecule has 1 rings (SSSR count). The second-order valence-corrected chi connectivity index (χ2v) is 6.85. The molecule has 2 unspecified atom stereocenters. The monoisotopic (exact) mass is 305 g/mol. The molecule has 1 saturated heterocycles. The molecule has 0 aromatic heterocycles. The molecular weight excluding hydrogens is 274 g/mol. The predicted octanol–water partition coefficient (Wildman–Crippen LogP) is 2.16. The van der Waals surface area contributed by atoms with Crippen LogP contribution in [0.3, 0.4) is 0 Å². The molecule has 0 aliphatic carbocycles. The molecule has 1 fully saturated rings. The van der Waals surface area contributed by atoms with Gasteiger partial charge in [-0.05, 0) is 39.5 Å². The van der Waals surface area contributed by atoms with Crippen LogP contribution in [-0.4, -0.2) is 41.5 Å². The first kappa shape index (κ1) is 19.7. The van der Waals surface area contributed by atoms with Crippen molar-refractivity contribution >= 4 is 18.3 Å². The van der Waals surface area contributed by atoms with Crippen LogP contribution in [0.2, 0.25) is 0 Å². The van der Waals surface area contributed by atoms with Gasteiger partial charge in [0.25, 0.3) is 0 Å². The van der Waals surface area contributed by atoms with E-state index in [-0.39, 0.29) is 35.8 Å². The Kier molecular flexibility index (Phi) is 8.07. The lowest BCUT2D eigenvalue weighted by Crippen LogP contribution is -2.54. The zero-order valence-electron chi connectivity index (χ0n) is 13.6.